The number of carbonyl (C=O) groups excluding carboxylic acids is 1. The molecule has 0 spiro atoms. The Morgan fingerprint density at radius 2 is 1.88 bits per heavy atom. The van der Waals surface area contributed by atoms with E-state index in [9.17, 15) is 4.79 Å². The fourth-order valence-corrected chi connectivity index (χ4v) is 4.07. The number of hydrogen-bond donors (Lipinski definition) is 1. The van der Waals surface area contributed by atoms with Gasteiger partial charge in [0, 0.05) is 11.1 Å². The Bertz CT molecular complexity index is 838. The van der Waals surface area contributed by atoms with Crippen molar-refractivity contribution in [3.05, 3.63) is 71.3 Å². The molecular weight excluding hydrogens is 296 g/mol. The van der Waals surface area contributed by atoms with Crippen LogP contribution in [-0.4, -0.2) is 18.1 Å². The van der Waals surface area contributed by atoms with Crippen LogP contribution < -0.4 is 10.2 Å². The SMILES string of the molecule is Cc1ccc2c(c1)C(C)(C)[C@]1(C=Cc3ccccc3)NC(=O)CN21. The number of nitrogens with zero attached hydrogens (tertiary/aromatic N) is 1. The van der Waals surface area contributed by atoms with Gasteiger partial charge < -0.3 is 10.2 Å². The van der Waals surface area contributed by atoms with E-state index in [1.54, 1.807) is 0 Å². The van der Waals surface area contributed by atoms with Crippen LogP contribution in [0.25, 0.3) is 6.08 Å². The Labute approximate surface area is 143 Å². The van der Waals surface area contributed by atoms with Crippen molar-refractivity contribution in [3.8, 4) is 0 Å². The topological polar surface area (TPSA) is 32.3 Å². The van der Waals surface area contributed by atoms with Crippen molar-refractivity contribution >= 4 is 17.7 Å². The Balaban J connectivity index is 1.86. The molecule has 3 heteroatoms. The maximum absolute atomic E-state index is 12.3. The molecule has 1 amide bonds. The van der Waals surface area contributed by atoms with E-state index in [1.165, 1.54) is 11.1 Å². The molecule has 1 atom stereocenters. The number of aryl methyl sites for hydroxylation is 1. The van der Waals surface area contributed by atoms with E-state index in [0.717, 1.165) is 11.3 Å². The number of carbonyl (C=O) groups is 1. The summed E-state index contributed by atoms with van der Waals surface area (Å²) >= 11 is 0. The second-order valence-electron chi connectivity index (χ2n) is 7.29. The third kappa shape index (κ3) is 1.94. The lowest BCUT2D eigenvalue weighted by Gasteiger charge is -2.40. The number of benzene rings is 2. The van der Waals surface area contributed by atoms with Crippen molar-refractivity contribution in [3.63, 3.8) is 0 Å². The van der Waals surface area contributed by atoms with Crippen LogP contribution >= 0.6 is 0 Å². The summed E-state index contributed by atoms with van der Waals surface area (Å²) < 4.78 is 0. The highest BCUT2D eigenvalue weighted by atomic mass is 16.2. The van der Waals surface area contributed by atoms with E-state index >= 15 is 0 Å². The van der Waals surface area contributed by atoms with Gasteiger partial charge in [0.25, 0.3) is 0 Å². The smallest absolute Gasteiger partial charge is 0.241 e. The lowest BCUT2D eigenvalue weighted by atomic mass is 9.75. The molecule has 0 bridgehead atoms. The zero-order valence-electron chi connectivity index (χ0n) is 14.3. The molecule has 2 aromatic rings. The third-order valence-electron chi connectivity index (χ3n) is 5.44. The van der Waals surface area contributed by atoms with Gasteiger partial charge in [-0.25, -0.2) is 0 Å². The lowest BCUT2D eigenvalue weighted by molar-refractivity contribution is -0.118. The fraction of sp³-hybridized carbons (Fsp3) is 0.286. The minimum Gasteiger partial charge on any atom is -0.335 e. The van der Waals surface area contributed by atoms with Crippen LogP contribution in [0.2, 0.25) is 0 Å². The van der Waals surface area contributed by atoms with Crippen molar-refractivity contribution in [2.45, 2.75) is 31.8 Å². The number of hydrogen-bond acceptors (Lipinski definition) is 2. The minimum atomic E-state index is -0.518. The first-order chi connectivity index (χ1) is 11.4. The Morgan fingerprint density at radius 1 is 1.12 bits per heavy atom. The molecule has 1 fully saturated rings. The molecule has 0 unspecified atom stereocenters. The van der Waals surface area contributed by atoms with Gasteiger partial charge in [-0.05, 0) is 30.2 Å². The van der Waals surface area contributed by atoms with Gasteiger partial charge in [0.05, 0.1) is 6.54 Å². The molecule has 0 radical (unpaired) electrons. The van der Waals surface area contributed by atoms with Gasteiger partial charge in [-0.1, -0.05) is 68.0 Å². The van der Waals surface area contributed by atoms with Gasteiger partial charge >= 0.3 is 0 Å². The molecule has 1 saturated heterocycles. The maximum Gasteiger partial charge on any atom is 0.241 e. The van der Waals surface area contributed by atoms with Crippen LogP contribution in [0.1, 0.15) is 30.5 Å². The Hall–Kier alpha value is -2.55. The second-order valence-corrected chi connectivity index (χ2v) is 7.29. The molecule has 24 heavy (non-hydrogen) atoms. The van der Waals surface area contributed by atoms with Crippen LogP contribution in [-0.2, 0) is 10.2 Å². The van der Waals surface area contributed by atoms with E-state index in [2.05, 4.69) is 73.5 Å². The summed E-state index contributed by atoms with van der Waals surface area (Å²) in [5.41, 5.74) is 4.09. The molecule has 3 nitrogen and oxygen atoms in total. The molecule has 1 N–H and O–H groups in total. The average molecular weight is 318 g/mol. The molecule has 0 aliphatic carbocycles. The first-order valence-electron chi connectivity index (χ1n) is 8.38. The van der Waals surface area contributed by atoms with E-state index in [-0.39, 0.29) is 11.3 Å². The molecule has 4 rings (SSSR count). The summed E-state index contributed by atoms with van der Waals surface area (Å²) in [5.74, 6) is 0.0759. The van der Waals surface area contributed by atoms with Crippen LogP contribution in [0.15, 0.2) is 54.6 Å². The van der Waals surface area contributed by atoms with Gasteiger partial charge in [-0.3, -0.25) is 4.79 Å². The molecule has 2 heterocycles. The normalized spacial score (nSPS) is 24.1. The predicted molar refractivity (Wildman–Crippen MR) is 97.9 cm³/mol. The van der Waals surface area contributed by atoms with Crippen molar-refractivity contribution < 1.29 is 4.79 Å². The number of amides is 1. The van der Waals surface area contributed by atoms with Crippen molar-refractivity contribution in [1.29, 1.82) is 0 Å². The average Bonchev–Trinajstić information content (AvgIpc) is 2.98. The number of nitrogens with one attached hydrogen (secondary N) is 1. The van der Waals surface area contributed by atoms with Crippen LogP contribution in [0.5, 0.6) is 0 Å². The molecule has 2 aliphatic rings. The minimum absolute atomic E-state index is 0.0759. The number of anilines is 1. The molecule has 2 aromatic carbocycles. The molecular formula is C21H22N2O. The maximum atomic E-state index is 12.3. The third-order valence-corrected chi connectivity index (χ3v) is 5.44. The first-order valence-corrected chi connectivity index (χ1v) is 8.38. The van der Waals surface area contributed by atoms with Crippen LogP contribution in [0.4, 0.5) is 5.69 Å². The molecule has 2 aliphatic heterocycles. The van der Waals surface area contributed by atoms with E-state index in [0.29, 0.717) is 6.54 Å². The van der Waals surface area contributed by atoms with Crippen LogP contribution in [0.3, 0.4) is 0 Å². The standard InChI is InChI=1S/C21H22N2O/c1-15-9-10-18-17(13-15)20(2,3)21(22-19(24)14-23(18)21)12-11-16-7-5-4-6-8-16/h4-13H,14H2,1-3H3,(H,22,24)/t21-/m1/s1. The number of rotatable bonds is 2. The van der Waals surface area contributed by atoms with Gasteiger partial charge in [0.15, 0.2) is 0 Å². The predicted octanol–water partition coefficient (Wildman–Crippen LogP) is 3.63. The summed E-state index contributed by atoms with van der Waals surface area (Å²) in [6.07, 6.45) is 4.27. The summed E-state index contributed by atoms with van der Waals surface area (Å²) in [4.78, 5) is 14.5. The van der Waals surface area contributed by atoms with E-state index in [1.807, 2.05) is 18.2 Å². The van der Waals surface area contributed by atoms with E-state index in [4.69, 9.17) is 0 Å². The molecule has 0 aromatic heterocycles. The fourth-order valence-electron chi connectivity index (χ4n) is 4.07. The monoisotopic (exact) mass is 318 g/mol. The van der Waals surface area contributed by atoms with Gasteiger partial charge in [0.1, 0.15) is 5.66 Å². The van der Waals surface area contributed by atoms with Gasteiger partial charge in [0.2, 0.25) is 5.91 Å². The second kappa shape index (κ2) is 4.97. The van der Waals surface area contributed by atoms with E-state index < -0.39 is 5.66 Å². The highest BCUT2D eigenvalue weighted by Crippen LogP contribution is 2.53. The summed E-state index contributed by atoms with van der Waals surface area (Å²) in [5, 5.41) is 3.26. The summed E-state index contributed by atoms with van der Waals surface area (Å²) in [6, 6.07) is 16.7. The first kappa shape index (κ1) is 15.0. The zero-order valence-corrected chi connectivity index (χ0v) is 14.3. The van der Waals surface area contributed by atoms with Gasteiger partial charge in [-0.15, -0.1) is 0 Å². The Morgan fingerprint density at radius 3 is 2.62 bits per heavy atom. The lowest BCUT2D eigenvalue weighted by Crippen LogP contribution is -2.58. The van der Waals surface area contributed by atoms with Crippen molar-refractivity contribution in [1.82, 2.24) is 5.32 Å². The molecule has 0 saturated carbocycles. The quantitative estimate of drug-likeness (QED) is 0.917. The Kier molecular flexibility index (Phi) is 3.11. The molecule has 122 valence electrons. The van der Waals surface area contributed by atoms with Crippen LogP contribution in [0, 0.1) is 6.92 Å². The van der Waals surface area contributed by atoms with Crippen molar-refractivity contribution in [2.24, 2.45) is 0 Å². The zero-order chi connectivity index (χ0) is 16.9. The summed E-state index contributed by atoms with van der Waals surface area (Å²) in [6.45, 7) is 6.95. The van der Waals surface area contributed by atoms with Crippen molar-refractivity contribution in [2.75, 3.05) is 11.4 Å². The summed E-state index contributed by atoms with van der Waals surface area (Å²) in [7, 11) is 0. The highest BCUT2D eigenvalue weighted by molar-refractivity contribution is 5.91. The van der Waals surface area contributed by atoms with Gasteiger partial charge in [-0.2, -0.15) is 0 Å². The number of fused-ring (bicyclic) bond motifs is 3. The largest absolute Gasteiger partial charge is 0.335 e. The highest BCUT2D eigenvalue weighted by Gasteiger charge is 2.59.